The molecule has 0 aromatic rings. The van der Waals surface area contributed by atoms with Gasteiger partial charge in [0.25, 0.3) is 5.92 Å². The monoisotopic (exact) mass is 126 g/mol. The number of halogens is 2. The summed E-state index contributed by atoms with van der Waals surface area (Å²) in [7, 11) is 0. The van der Waals surface area contributed by atoms with E-state index in [1.807, 2.05) is 0 Å². The number of hydrogen-bond donors (Lipinski definition) is 2. The average Bonchev–Trinajstić information content (AvgIpc) is 1.62. The highest BCUT2D eigenvalue weighted by molar-refractivity contribution is 4.68. The Labute approximate surface area is 45.8 Å². The molecule has 0 aliphatic carbocycles. The normalized spacial score (nSPS) is 16.1. The molecular formula is C4H8F2O2. The van der Waals surface area contributed by atoms with E-state index in [9.17, 15) is 8.78 Å². The van der Waals surface area contributed by atoms with Crippen LogP contribution >= 0.6 is 0 Å². The molecule has 0 aliphatic rings. The molecule has 0 radical (unpaired) electrons. The van der Waals surface area contributed by atoms with E-state index in [-0.39, 0.29) is 0 Å². The van der Waals surface area contributed by atoms with Crippen molar-refractivity contribution in [2.24, 2.45) is 0 Å². The lowest BCUT2D eigenvalue weighted by molar-refractivity contribution is -0.111. The first-order chi connectivity index (χ1) is 3.48. The highest BCUT2D eigenvalue weighted by Crippen LogP contribution is 2.15. The predicted octanol–water partition coefficient (Wildman–Crippen LogP) is -0.00520. The van der Waals surface area contributed by atoms with Gasteiger partial charge in [0.1, 0.15) is 6.10 Å². The Morgan fingerprint density at radius 2 is 2.00 bits per heavy atom. The molecule has 0 heterocycles. The molecule has 0 rings (SSSR count). The number of aliphatic hydroxyl groups is 2. The molecule has 0 saturated carbocycles. The first kappa shape index (κ1) is 7.78. The van der Waals surface area contributed by atoms with Gasteiger partial charge in [0.05, 0.1) is 6.61 Å². The second kappa shape index (κ2) is 2.37. The minimum absolute atomic E-state index is 0.549. The molecule has 0 saturated heterocycles. The largest absolute Gasteiger partial charge is 0.393 e. The first-order valence-electron chi connectivity index (χ1n) is 2.15. The Balaban J connectivity index is 3.62. The van der Waals surface area contributed by atoms with E-state index < -0.39 is 18.6 Å². The maximum absolute atomic E-state index is 11.7. The molecule has 0 unspecified atom stereocenters. The SMILES string of the molecule is CC(F)(F)[C@@H](O)CO. The van der Waals surface area contributed by atoms with Crippen molar-refractivity contribution in [2.75, 3.05) is 6.61 Å². The number of alkyl halides is 2. The topological polar surface area (TPSA) is 40.5 Å². The Bertz CT molecular complexity index is 68.9. The van der Waals surface area contributed by atoms with Crippen LogP contribution in [0.1, 0.15) is 6.92 Å². The summed E-state index contributed by atoms with van der Waals surface area (Å²) < 4.78 is 23.4. The van der Waals surface area contributed by atoms with Crippen molar-refractivity contribution in [3.05, 3.63) is 0 Å². The number of aliphatic hydroxyl groups excluding tert-OH is 2. The van der Waals surface area contributed by atoms with Gasteiger partial charge < -0.3 is 10.2 Å². The predicted molar refractivity (Wildman–Crippen MR) is 23.7 cm³/mol. The van der Waals surface area contributed by atoms with Crippen LogP contribution in [0.3, 0.4) is 0 Å². The molecule has 2 nitrogen and oxygen atoms in total. The van der Waals surface area contributed by atoms with Gasteiger partial charge in [0.15, 0.2) is 0 Å². The highest BCUT2D eigenvalue weighted by Gasteiger charge is 2.31. The standard InChI is InChI=1S/C4H8F2O2/c1-4(5,6)3(8)2-7/h3,7-8H,2H2,1H3/t3-/m0/s1. The van der Waals surface area contributed by atoms with Gasteiger partial charge in [-0.25, -0.2) is 8.78 Å². The van der Waals surface area contributed by atoms with E-state index >= 15 is 0 Å². The maximum Gasteiger partial charge on any atom is 0.272 e. The molecule has 0 aromatic heterocycles. The van der Waals surface area contributed by atoms with Crippen LogP contribution in [-0.2, 0) is 0 Å². The van der Waals surface area contributed by atoms with Crippen molar-refractivity contribution >= 4 is 0 Å². The smallest absolute Gasteiger partial charge is 0.272 e. The number of hydrogen-bond acceptors (Lipinski definition) is 2. The lowest BCUT2D eigenvalue weighted by Crippen LogP contribution is -2.32. The zero-order valence-corrected chi connectivity index (χ0v) is 4.43. The summed E-state index contributed by atoms with van der Waals surface area (Å²) in [6, 6.07) is 0. The molecule has 50 valence electrons. The van der Waals surface area contributed by atoms with Crippen LogP contribution < -0.4 is 0 Å². The molecule has 0 aliphatic heterocycles. The Morgan fingerprint density at radius 1 is 1.62 bits per heavy atom. The summed E-state index contributed by atoms with van der Waals surface area (Å²) in [6.07, 6.45) is -1.93. The van der Waals surface area contributed by atoms with E-state index in [2.05, 4.69) is 0 Å². The van der Waals surface area contributed by atoms with Crippen molar-refractivity contribution in [1.82, 2.24) is 0 Å². The molecule has 0 fully saturated rings. The zero-order valence-electron chi connectivity index (χ0n) is 4.43. The summed E-state index contributed by atoms with van der Waals surface area (Å²) in [5.41, 5.74) is 0. The van der Waals surface area contributed by atoms with Crippen LogP contribution in [-0.4, -0.2) is 28.8 Å². The van der Waals surface area contributed by atoms with Gasteiger partial charge in [0.2, 0.25) is 0 Å². The second-order valence-electron chi connectivity index (χ2n) is 1.65. The Kier molecular flexibility index (Phi) is 2.30. The van der Waals surface area contributed by atoms with Gasteiger partial charge in [-0.3, -0.25) is 0 Å². The van der Waals surface area contributed by atoms with Gasteiger partial charge in [-0.1, -0.05) is 0 Å². The second-order valence-corrected chi connectivity index (χ2v) is 1.65. The van der Waals surface area contributed by atoms with Crippen molar-refractivity contribution in [1.29, 1.82) is 0 Å². The van der Waals surface area contributed by atoms with Crippen molar-refractivity contribution in [3.63, 3.8) is 0 Å². The van der Waals surface area contributed by atoms with E-state index in [0.717, 1.165) is 0 Å². The van der Waals surface area contributed by atoms with Crippen molar-refractivity contribution < 1.29 is 19.0 Å². The highest BCUT2D eigenvalue weighted by atomic mass is 19.3. The van der Waals surface area contributed by atoms with Crippen LogP contribution in [0.2, 0.25) is 0 Å². The van der Waals surface area contributed by atoms with Gasteiger partial charge in [-0.05, 0) is 0 Å². The van der Waals surface area contributed by atoms with Gasteiger partial charge in [-0.2, -0.15) is 0 Å². The van der Waals surface area contributed by atoms with Crippen LogP contribution in [0.15, 0.2) is 0 Å². The fraction of sp³-hybridized carbons (Fsp3) is 1.00. The van der Waals surface area contributed by atoms with Crippen LogP contribution in [0.5, 0.6) is 0 Å². The van der Waals surface area contributed by atoms with Crippen LogP contribution in [0.25, 0.3) is 0 Å². The Hall–Kier alpha value is -0.220. The maximum atomic E-state index is 11.7. The Morgan fingerprint density at radius 3 is 2.00 bits per heavy atom. The minimum Gasteiger partial charge on any atom is -0.393 e. The molecule has 8 heavy (non-hydrogen) atoms. The lowest BCUT2D eigenvalue weighted by atomic mass is 10.2. The fourth-order valence-corrected chi connectivity index (χ4v) is 0.160. The van der Waals surface area contributed by atoms with E-state index in [1.54, 1.807) is 0 Å². The number of rotatable bonds is 2. The molecular weight excluding hydrogens is 118 g/mol. The average molecular weight is 126 g/mol. The summed E-state index contributed by atoms with van der Waals surface area (Å²) in [5.74, 6) is -3.19. The van der Waals surface area contributed by atoms with E-state index in [0.29, 0.717) is 6.92 Å². The van der Waals surface area contributed by atoms with Crippen LogP contribution in [0.4, 0.5) is 8.78 Å². The summed E-state index contributed by atoms with van der Waals surface area (Å²) in [6.45, 7) is -0.350. The molecule has 4 heteroatoms. The molecule has 0 amide bonds. The molecule has 0 bridgehead atoms. The molecule has 2 N–H and O–H groups in total. The molecule has 0 spiro atoms. The van der Waals surface area contributed by atoms with Crippen molar-refractivity contribution in [3.8, 4) is 0 Å². The quantitative estimate of drug-likeness (QED) is 0.546. The third-order valence-corrected chi connectivity index (χ3v) is 0.758. The zero-order chi connectivity index (χ0) is 6.78. The summed E-state index contributed by atoms with van der Waals surface area (Å²) in [5, 5.41) is 16.1. The summed E-state index contributed by atoms with van der Waals surface area (Å²) in [4.78, 5) is 0. The van der Waals surface area contributed by atoms with E-state index in [1.165, 1.54) is 0 Å². The third-order valence-electron chi connectivity index (χ3n) is 0.758. The van der Waals surface area contributed by atoms with Gasteiger partial charge in [0, 0.05) is 6.92 Å². The third kappa shape index (κ3) is 2.18. The van der Waals surface area contributed by atoms with Crippen LogP contribution in [0, 0.1) is 0 Å². The molecule has 0 aromatic carbocycles. The van der Waals surface area contributed by atoms with Gasteiger partial charge in [-0.15, -0.1) is 0 Å². The summed E-state index contributed by atoms with van der Waals surface area (Å²) >= 11 is 0. The first-order valence-corrected chi connectivity index (χ1v) is 2.15. The van der Waals surface area contributed by atoms with Crippen molar-refractivity contribution in [2.45, 2.75) is 19.0 Å². The van der Waals surface area contributed by atoms with E-state index in [4.69, 9.17) is 10.2 Å². The lowest BCUT2D eigenvalue weighted by Gasteiger charge is -2.14. The fourth-order valence-electron chi connectivity index (χ4n) is 0.160. The van der Waals surface area contributed by atoms with Gasteiger partial charge >= 0.3 is 0 Å². The molecule has 1 atom stereocenters. The minimum atomic E-state index is -3.19.